The van der Waals surface area contributed by atoms with Crippen LogP contribution in [0.1, 0.15) is 34.1 Å². The standard InChI is InChI=1S/C14H27N3O4/c1-9(2)6-7-15-14(20)17-11(18)8-16-12(10(3)4)13(19)21-5/h9-10,12,16H,6-8H2,1-5H3,(H2,15,17,18,20). The highest BCUT2D eigenvalue weighted by Crippen LogP contribution is 2.02. The zero-order valence-electron chi connectivity index (χ0n) is 13.5. The van der Waals surface area contributed by atoms with E-state index in [1.807, 2.05) is 27.7 Å². The first-order valence-corrected chi connectivity index (χ1v) is 7.16. The molecule has 7 nitrogen and oxygen atoms in total. The summed E-state index contributed by atoms with van der Waals surface area (Å²) in [7, 11) is 1.29. The molecule has 0 fully saturated rings. The van der Waals surface area contributed by atoms with Crippen molar-refractivity contribution in [3.05, 3.63) is 0 Å². The monoisotopic (exact) mass is 301 g/mol. The van der Waals surface area contributed by atoms with Crippen LogP contribution in [0.2, 0.25) is 0 Å². The fourth-order valence-corrected chi connectivity index (χ4v) is 1.61. The number of hydrogen-bond acceptors (Lipinski definition) is 5. The molecule has 0 aromatic carbocycles. The van der Waals surface area contributed by atoms with Crippen molar-refractivity contribution >= 4 is 17.9 Å². The van der Waals surface area contributed by atoms with E-state index < -0.39 is 23.9 Å². The number of carbonyl (C=O) groups is 3. The third kappa shape index (κ3) is 9.01. The van der Waals surface area contributed by atoms with Gasteiger partial charge in [-0.2, -0.15) is 0 Å². The third-order valence-electron chi connectivity index (χ3n) is 2.86. The maximum Gasteiger partial charge on any atom is 0.323 e. The van der Waals surface area contributed by atoms with Gasteiger partial charge in [-0.3, -0.25) is 20.2 Å². The Kier molecular flexibility index (Phi) is 9.36. The summed E-state index contributed by atoms with van der Waals surface area (Å²) in [6.07, 6.45) is 0.845. The first-order chi connectivity index (χ1) is 9.77. The lowest BCUT2D eigenvalue weighted by atomic mass is 10.0. The van der Waals surface area contributed by atoms with Crippen molar-refractivity contribution in [1.82, 2.24) is 16.0 Å². The fourth-order valence-electron chi connectivity index (χ4n) is 1.61. The number of methoxy groups -OCH3 is 1. The topological polar surface area (TPSA) is 96.5 Å². The highest BCUT2D eigenvalue weighted by molar-refractivity contribution is 5.95. The Balaban J connectivity index is 4.07. The molecule has 0 aromatic rings. The predicted molar refractivity (Wildman–Crippen MR) is 79.6 cm³/mol. The zero-order chi connectivity index (χ0) is 16.4. The Hall–Kier alpha value is -1.63. The Morgan fingerprint density at radius 3 is 2.19 bits per heavy atom. The number of esters is 1. The third-order valence-corrected chi connectivity index (χ3v) is 2.86. The molecule has 3 N–H and O–H groups in total. The number of carbonyl (C=O) groups excluding carboxylic acids is 3. The number of rotatable bonds is 8. The smallest absolute Gasteiger partial charge is 0.323 e. The lowest BCUT2D eigenvalue weighted by Gasteiger charge is -2.19. The van der Waals surface area contributed by atoms with Gasteiger partial charge in [0, 0.05) is 6.54 Å². The molecule has 0 aliphatic heterocycles. The van der Waals surface area contributed by atoms with Crippen LogP contribution in [-0.2, 0) is 14.3 Å². The highest BCUT2D eigenvalue weighted by atomic mass is 16.5. The SMILES string of the molecule is COC(=O)C(NCC(=O)NC(=O)NCCC(C)C)C(C)C. The van der Waals surface area contributed by atoms with Crippen LogP contribution < -0.4 is 16.0 Å². The Labute approximate surface area is 126 Å². The molecule has 0 spiro atoms. The molecule has 0 rings (SSSR count). The number of imide groups is 1. The molecule has 0 aliphatic rings. The van der Waals surface area contributed by atoms with E-state index in [1.165, 1.54) is 7.11 Å². The van der Waals surface area contributed by atoms with Crippen LogP contribution in [0.15, 0.2) is 0 Å². The van der Waals surface area contributed by atoms with Gasteiger partial charge in [0.2, 0.25) is 5.91 Å². The minimum Gasteiger partial charge on any atom is -0.468 e. The van der Waals surface area contributed by atoms with E-state index in [4.69, 9.17) is 0 Å². The number of hydrogen-bond donors (Lipinski definition) is 3. The Bertz CT molecular complexity index is 356. The maximum absolute atomic E-state index is 11.6. The summed E-state index contributed by atoms with van der Waals surface area (Å²) in [4.78, 5) is 34.5. The molecule has 21 heavy (non-hydrogen) atoms. The number of amides is 3. The van der Waals surface area contributed by atoms with Crippen LogP contribution in [0.3, 0.4) is 0 Å². The summed E-state index contributed by atoms with van der Waals surface area (Å²) in [5.74, 6) is -0.467. The number of ether oxygens (including phenoxy) is 1. The molecule has 0 saturated heterocycles. The minimum atomic E-state index is -0.579. The second-order valence-corrected chi connectivity index (χ2v) is 5.61. The summed E-state index contributed by atoms with van der Waals surface area (Å²) in [5, 5.41) is 7.58. The van der Waals surface area contributed by atoms with E-state index in [0.29, 0.717) is 12.5 Å². The molecular weight excluding hydrogens is 274 g/mol. The van der Waals surface area contributed by atoms with Crippen molar-refractivity contribution in [2.75, 3.05) is 20.2 Å². The van der Waals surface area contributed by atoms with Crippen molar-refractivity contribution in [2.24, 2.45) is 11.8 Å². The number of urea groups is 1. The van der Waals surface area contributed by atoms with Crippen LogP contribution in [-0.4, -0.2) is 44.1 Å². The van der Waals surface area contributed by atoms with Gasteiger partial charge in [0.15, 0.2) is 0 Å². The van der Waals surface area contributed by atoms with E-state index >= 15 is 0 Å². The second-order valence-electron chi connectivity index (χ2n) is 5.61. The number of nitrogens with one attached hydrogen (secondary N) is 3. The van der Waals surface area contributed by atoms with Gasteiger partial charge in [0.1, 0.15) is 6.04 Å². The molecule has 122 valence electrons. The average molecular weight is 301 g/mol. The molecule has 1 unspecified atom stereocenters. The predicted octanol–water partition coefficient (Wildman–Crippen LogP) is 0.645. The van der Waals surface area contributed by atoms with E-state index in [0.717, 1.165) is 6.42 Å². The Morgan fingerprint density at radius 1 is 1.10 bits per heavy atom. The van der Waals surface area contributed by atoms with Gasteiger partial charge in [-0.15, -0.1) is 0 Å². The highest BCUT2D eigenvalue weighted by Gasteiger charge is 2.23. The average Bonchev–Trinajstić information content (AvgIpc) is 2.37. The van der Waals surface area contributed by atoms with Gasteiger partial charge < -0.3 is 10.1 Å². The molecule has 3 amide bonds. The molecule has 0 saturated carbocycles. The van der Waals surface area contributed by atoms with Crippen molar-refractivity contribution in [3.8, 4) is 0 Å². The molecule has 0 heterocycles. The van der Waals surface area contributed by atoms with Crippen molar-refractivity contribution in [1.29, 1.82) is 0 Å². The van der Waals surface area contributed by atoms with Crippen molar-refractivity contribution in [2.45, 2.75) is 40.2 Å². The quantitative estimate of drug-likeness (QED) is 0.572. The zero-order valence-corrected chi connectivity index (χ0v) is 13.5. The van der Waals surface area contributed by atoms with E-state index in [-0.39, 0.29) is 12.5 Å². The summed E-state index contributed by atoms with van der Waals surface area (Å²) >= 11 is 0. The normalized spacial score (nSPS) is 12.1. The fraction of sp³-hybridized carbons (Fsp3) is 0.786. The first-order valence-electron chi connectivity index (χ1n) is 7.16. The van der Waals surface area contributed by atoms with Crippen molar-refractivity contribution in [3.63, 3.8) is 0 Å². The van der Waals surface area contributed by atoms with E-state index in [9.17, 15) is 14.4 Å². The molecule has 0 aliphatic carbocycles. The van der Waals surface area contributed by atoms with Gasteiger partial charge in [0.05, 0.1) is 13.7 Å². The molecule has 0 radical (unpaired) electrons. The largest absolute Gasteiger partial charge is 0.468 e. The van der Waals surface area contributed by atoms with Gasteiger partial charge in [-0.1, -0.05) is 27.7 Å². The summed E-state index contributed by atoms with van der Waals surface area (Å²) in [6, 6.07) is -1.11. The minimum absolute atomic E-state index is 0.0230. The van der Waals surface area contributed by atoms with E-state index in [2.05, 4.69) is 20.7 Å². The van der Waals surface area contributed by atoms with Gasteiger partial charge in [0.25, 0.3) is 0 Å². The second kappa shape index (κ2) is 10.1. The van der Waals surface area contributed by atoms with Crippen LogP contribution in [0.25, 0.3) is 0 Å². The van der Waals surface area contributed by atoms with Crippen LogP contribution in [0.4, 0.5) is 4.79 Å². The lowest BCUT2D eigenvalue weighted by molar-refractivity contribution is -0.144. The maximum atomic E-state index is 11.6. The van der Waals surface area contributed by atoms with Crippen molar-refractivity contribution < 1.29 is 19.1 Å². The van der Waals surface area contributed by atoms with Gasteiger partial charge in [-0.25, -0.2) is 4.79 Å². The summed E-state index contributed by atoms with van der Waals surface area (Å²) < 4.78 is 4.65. The first kappa shape index (κ1) is 19.4. The summed E-state index contributed by atoms with van der Waals surface area (Å²) in [5.41, 5.74) is 0. The molecule has 1 atom stereocenters. The lowest BCUT2D eigenvalue weighted by Crippen LogP contribution is -2.49. The molecular formula is C14H27N3O4. The molecule has 7 heteroatoms. The Morgan fingerprint density at radius 2 is 1.71 bits per heavy atom. The summed E-state index contributed by atoms with van der Waals surface area (Å²) in [6.45, 7) is 8.16. The van der Waals surface area contributed by atoms with Crippen LogP contribution in [0.5, 0.6) is 0 Å². The van der Waals surface area contributed by atoms with Crippen LogP contribution in [0, 0.1) is 11.8 Å². The van der Waals surface area contributed by atoms with Gasteiger partial charge in [-0.05, 0) is 18.3 Å². The van der Waals surface area contributed by atoms with Gasteiger partial charge >= 0.3 is 12.0 Å². The molecule has 0 bridgehead atoms. The van der Waals surface area contributed by atoms with E-state index in [1.54, 1.807) is 0 Å². The van der Waals surface area contributed by atoms with Crippen LogP contribution >= 0.6 is 0 Å². The molecule has 0 aromatic heterocycles.